The topological polar surface area (TPSA) is 12.0 Å². The van der Waals surface area contributed by atoms with Crippen LogP contribution in [0.25, 0.3) is 0 Å². The van der Waals surface area contributed by atoms with Crippen LogP contribution in [-0.2, 0) is 6.42 Å². The van der Waals surface area contributed by atoms with Crippen LogP contribution < -0.4 is 5.32 Å². The van der Waals surface area contributed by atoms with E-state index >= 15 is 0 Å². The van der Waals surface area contributed by atoms with Crippen LogP contribution in [0.4, 0.5) is 0 Å². The van der Waals surface area contributed by atoms with E-state index in [1.54, 1.807) is 0 Å². The van der Waals surface area contributed by atoms with Gasteiger partial charge in [-0.2, -0.15) is 0 Å². The van der Waals surface area contributed by atoms with Crippen LogP contribution in [0.1, 0.15) is 43.6 Å². The highest BCUT2D eigenvalue weighted by Crippen LogP contribution is 2.23. The molecule has 0 aliphatic heterocycles. The maximum atomic E-state index is 3.65. The van der Waals surface area contributed by atoms with E-state index in [-0.39, 0.29) is 5.54 Å². The van der Waals surface area contributed by atoms with E-state index in [1.807, 2.05) is 11.3 Å². The summed E-state index contributed by atoms with van der Waals surface area (Å²) in [4.78, 5) is 1.49. The van der Waals surface area contributed by atoms with Crippen LogP contribution in [-0.4, -0.2) is 12.1 Å². The van der Waals surface area contributed by atoms with Gasteiger partial charge in [0.25, 0.3) is 0 Å². The fraction of sp³-hybridized carbons (Fsp3) is 0.444. The standard InChI is InChI=1S/C18H25NS/c1-18(2,3)19-14-16(15-8-5-4-6-9-15)11-12-17-10-7-13-20-17/h4-10,13,16,19H,11-12,14H2,1-3H3. The van der Waals surface area contributed by atoms with E-state index in [9.17, 15) is 0 Å². The van der Waals surface area contributed by atoms with Gasteiger partial charge in [-0.1, -0.05) is 36.4 Å². The summed E-state index contributed by atoms with van der Waals surface area (Å²) in [6.45, 7) is 7.73. The van der Waals surface area contributed by atoms with Gasteiger partial charge in [0.1, 0.15) is 0 Å². The first-order valence-corrected chi connectivity index (χ1v) is 8.25. The van der Waals surface area contributed by atoms with Crippen molar-refractivity contribution in [3.8, 4) is 0 Å². The lowest BCUT2D eigenvalue weighted by Crippen LogP contribution is -2.38. The maximum Gasteiger partial charge on any atom is 0.00967 e. The fourth-order valence-electron chi connectivity index (χ4n) is 2.31. The number of hydrogen-bond acceptors (Lipinski definition) is 2. The lowest BCUT2D eigenvalue weighted by molar-refractivity contribution is 0.399. The van der Waals surface area contributed by atoms with Gasteiger partial charge in [0.2, 0.25) is 0 Å². The van der Waals surface area contributed by atoms with Crippen molar-refractivity contribution in [2.45, 2.75) is 45.1 Å². The highest BCUT2D eigenvalue weighted by atomic mass is 32.1. The first-order chi connectivity index (χ1) is 9.54. The molecule has 1 aromatic heterocycles. The summed E-state index contributed by atoms with van der Waals surface area (Å²) in [6, 6.07) is 15.3. The third kappa shape index (κ3) is 5.10. The van der Waals surface area contributed by atoms with Crippen LogP contribution in [0, 0.1) is 0 Å². The molecule has 0 radical (unpaired) electrons. The number of benzene rings is 1. The molecule has 1 unspecified atom stereocenters. The van der Waals surface area contributed by atoms with Gasteiger partial charge in [-0.05, 0) is 56.5 Å². The lowest BCUT2D eigenvalue weighted by atomic mass is 9.93. The number of hydrogen-bond donors (Lipinski definition) is 1. The number of aryl methyl sites for hydroxylation is 1. The van der Waals surface area contributed by atoms with Gasteiger partial charge in [0, 0.05) is 17.0 Å². The summed E-state index contributed by atoms with van der Waals surface area (Å²) in [5.74, 6) is 0.581. The van der Waals surface area contributed by atoms with Crippen molar-refractivity contribution < 1.29 is 0 Å². The SMILES string of the molecule is CC(C)(C)NCC(CCc1cccs1)c1ccccc1. The minimum atomic E-state index is 0.177. The van der Waals surface area contributed by atoms with Crippen LogP contribution in [0.2, 0.25) is 0 Å². The first kappa shape index (κ1) is 15.3. The second kappa shape index (κ2) is 7.05. The normalized spacial score (nSPS) is 13.3. The number of thiophene rings is 1. The van der Waals surface area contributed by atoms with E-state index in [0.29, 0.717) is 5.92 Å². The van der Waals surface area contributed by atoms with Gasteiger partial charge in [0.05, 0.1) is 0 Å². The Morgan fingerprint density at radius 2 is 1.80 bits per heavy atom. The Hall–Kier alpha value is -1.12. The van der Waals surface area contributed by atoms with Crippen LogP contribution in [0.3, 0.4) is 0 Å². The van der Waals surface area contributed by atoms with Gasteiger partial charge in [-0.15, -0.1) is 11.3 Å². The average Bonchev–Trinajstić information content (AvgIpc) is 2.92. The van der Waals surface area contributed by atoms with E-state index in [4.69, 9.17) is 0 Å². The molecule has 0 bridgehead atoms. The summed E-state index contributed by atoms with van der Waals surface area (Å²) in [6.07, 6.45) is 2.37. The molecule has 0 saturated carbocycles. The monoisotopic (exact) mass is 287 g/mol. The quantitative estimate of drug-likeness (QED) is 0.800. The molecular formula is C18H25NS. The molecule has 1 aromatic carbocycles. The van der Waals surface area contributed by atoms with Gasteiger partial charge in [-0.3, -0.25) is 0 Å². The zero-order valence-electron chi connectivity index (χ0n) is 12.7. The molecule has 1 heterocycles. The molecule has 1 N–H and O–H groups in total. The number of rotatable bonds is 6. The Balaban J connectivity index is 2.00. The van der Waals surface area contributed by atoms with Crippen molar-refractivity contribution in [2.24, 2.45) is 0 Å². The Kier molecular flexibility index (Phi) is 5.38. The molecule has 0 fully saturated rings. The summed E-state index contributed by atoms with van der Waals surface area (Å²) in [5, 5.41) is 5.82. The summed E-state index contributed by atoms with van der Waals surface area (Å²) >= 11 is 1.86. The molecule has 0 amide bonds. The molecule has 108 valence electrons. The molecule has 2 heteroatoms. The molecule has 2 aromatic rings. The Labute approximate surface area is 127 Å². The zero-order valence-corrected chi connectivity index (χ0v) is 13.5. The minimum Gasteiger partial charge on any atom is -0.311 e. The number of nitrogens with one attached hydrogen (secondary N) is 1. The van der Waals surface area contributed by atoms with E-state index in [2.05, 4.69) is 73.9 Å². The molecule has 0 aliphatic rings. The predicted molar refractivity (Wildman–Crippen MR) is 89.6 cm³/mol. The summed E-state index contributed by atoms with van der Waals surface area (Å²) < 4.78 is 0. The summed E-state index contributed by atoms with van der Waals surface area (Å²) in [7, 11) is 0. The maximum absolute atomic E-state index is 3.65. The zero-order chi connectivity index (χ0) is 14.4. The van der Waals surface area contributed by atoms with Crippen molar-refractivity contribution >= 4 is 11.3 Å². The van der Waals surface area contributed by atoms with Crippen LogP contribution in [0.5, 0.6) is 0 Å². The van der Waals surface area contributed by atoms with Crippen molar-refractivity contribution in [1.29, 1.82) is 0 Å². The average molecular weight is 287 g/mol. The van der Waals surface area contributed by atoms with Gasteiger partial charge in [0.15, 0.2) is 0 Å². The Morgan fingerprint density at radius 3 is 2.40 bits per heavy atom. The van der Waals surface area contributed by atoms with Crippen LogP contribution in [0.15, 0.2) is 47.8 Å². The fourth-order valence-corrected chi connectivity index (χ4v) is 3.04. The minimum absolute atomic E-state index is 0.177. The molecule has 2 rings (SSSR count). The highest BCUT2D eigenvalue weighted by molar-refractivity contribution is 7.09. The molecule has 0 saturated heterocycles. The van der Waals surface area contributed by atoms with E-state index in [1.165, 1.54) is 23.3 Å². The van der Waals surface area contributed by atoms with Crippen molar-refractivity contribution in [1.82, 2.24) is 5.32 Å². The van der Waals surface area contributed by atoms with E-state index in [0.717, 1.165) is 6.54 Å². The lowest BCUT2D eigenvalue weighted by Gasteiger charge is -2.25. The Bertz CT molecular complexity index is 482. The summed E-state index contributed by atoms with van der Waals surface area (Å²) in [5.41, 5.74) is 1.62. The second-order valence-electron chi connectivity index (χ2n) is 6.36. The van der Waals surface area contributed by atoms with Gasteiger partial charge < -0.3 is 5.32 Å². The molecule has 0 spiro atoms. The highest BCUT2D eigenvalue weighted by Gasteiger charge is 2.16. The largest absolute Gasteiger partial charge is 0.311 e. The van der Waals surface area contributed by atoms with E-state index < -0.39 is 0 Å². The third-order valence-electron chi connectivity index (χ3n) is 3.47. The molecular weight excluding hydrogens is 262 g/mol. The molecule has 20 heavy (non-hydrogen) atoms. The Morgan fingerprint density at radius 1 is 1.05 bits per heavy atom. The smallest absolute Gasteiger partial charge is 0.00967 e. The molecule has 0 aliphatic carbocycles. The second-order valence-corrected chi connectivity index (χ2v) is 7.39. The molecule has 1 nitrogen and oxygen atoms in total. The first-order valence-electron chi connectivity index (χ1n) is 7.37. The van der Waals surface area contributed by atoms with Crippen molar-refractivity contribution in [2.75, 3.05) is 6.54 Å². The van der Waals surface area contributed by atoms with Crippen molar-refractivity contribution in [3.63, 3.8) is 0 Å². The van der Waals surface area contributed by atoms with Crippen LogP contribution >= 0.6 is 11.3 Å². The van der Waals surface area contributed by atoms with Gasteiger partial charge in [-0.25, -0.2) is 0 Å². The third-order valence-corrected chi connectivity index (χ3v) is 4.41. The van der Waals surface area contributed by atoms with Crippen molar-refractivity contribution in [3.05, 3.63) is 58.3 Å². The molecule has 1 atom stereocenters. The predicted octanol–water partition coefficient (Wildman–Crippen LogP) is 4.85. The van der Waals surface area contributed by atoms with Gasteiger partial charge >= 0.3 is 0 Å².